The number of rotatable bonds is 2. The van der Waals surface area contributed by atoms with E-state index in [0.717, 1.165) is 0 Å². The molecule has 78 valence electrons. The summed E-state index contributed by atoms with van der Waals surface area (Å²) in [4.78, 5) is 9.86. The molecule has 0 heterocycles. The molecule has 0 bridgehead atoms. The molecule has 0 saturated carbocycles. The molecular formula is C7H5Cl2NO3Ru. The standard InChI is InChI=1S/C7H5NO3.2ClH.Ru/c1-5-4-6(8(10)11)2-3-7(5)9;;;/h1-4,9H;2*1H;/q;;;+2/p-2. The summed E-state index contributed by atoms with van der Waals surface area (Å²) < 4.78 is 1.45. The predicted octanol–water partition coefficient (Wildman–Crippen LogP) is 2.38. The second-order valence-corrected chi connectivity index (χ2v) is 8.03. The summed E-state index contributed by atoms with van der Waals surface area (Å²) in [5.74, 6) is -0.0596. The molecule has 14 heavy (non-hydrogen) atoms. The fourth-order valence-corrected chi connectivity index (χ4v) is 2.61. The van der Waals surface area contributed by atoms with Gasteiger partial charge in [0.25, 0.3) is 0 Å². The Morgan fingerprint density at radius 2 is 2.14 bits per heavy atom. The van der Waals surface area contributed by atoms with Gasteiger partial charge in [-0.25, -0.2) is 0 Å². The molecule has 0 spiro atoms. The number of hydrogen-bond acceptors (Lipinski definition) is 3. The van der Waals surface area contributed by atoms with Crippen molar-refractivity contribution in [1.82, 2.24) is 0 Å². The Labute approximate surface area is 92.7 Å². The SMILES string of the molecule is O=[N+]([O-])c1ccc(O)c([CH]=[Ru]([Cl])[Cl])c1. The zero-order valence-electron chi connectivity index (χ0n) is 6.63. The first-order chi connectivity index (χ1) is 6.50. The number of halogens is 2. The molecule has 4 nitrogen and oxygen atoms in total. The van der Waals surface area contributed by atoms with Crippen molar-refractivity contribution in [1.29, 1.82) is 0 Å². The van der Waals surface area contributed by atoms with E-state index in [4.69, 9.17) is 19.4 Å². The van der Waals surface area contributed by atoms with Crippen LogP contribution in [-0.2, 0) is 13.5 Å². The van der Waals surface area contributed by atoms with Crippen molar-refractivity contribution >= 4 is 29.7 Å². The summed E-state index contributed by atoms with van der Waals surface area (Å²) in [6.45, 7) is 0. The van der Waals surface area contributed by atoms with Crippen molar-refractivity contribution < 1.29 is 23.5 Å². The van der Waals surface area contributed by atoms with Crippen LogP contribution in [0.5, 0.6) is 5.75 Å². The number of phenolic OH excluding ortho intramolecular Hbond substituents is 1. The quantitative estimate of drug-likeness (QED) is 0.516. The van der Waals surface area contributed by atoms with E-state index in [2.05, 4.69) is 0 Å². The van der Waals surface area contributed by atoms with Gasteiger partial charge in [-0.15, -0.1) is 0 Å². The molecule has 1 aromatic rings. The van der Waals surface area contributed by atoms with E-state index >= 15 is 0 Å². The first-order valence-corrected chi connectivity index (χ1v) is 8.79. The average molecular weight is 323 g/mol. The van der Waals surface area contributed by atoms with E-state index in [1.807, 2.05) is 0 Å². The second kappa shape index (κ2) is 4.83. The summed E-state index contributed by atoms with van der Waals surface area (Å²) in [5, 5.41) is 19.7. The van der Waals surface area contributed by atoms with Gasteiger partial charge in [-0.2, -0.15) is 0 Å². The molecule has 0 aliphatic rings. The molecule has 0 radical (unpaired) electrons. The van der Waals surface area contributed by atoms with Gasteiger partial charge in [0, 0.05) is 0 Å². The van der Waals surface area contributed by atoms with Crippen molar-refractivity contribution in [2.75, 3.05) is 0 Å². The normalized spacial score (nSPS) is 10.9. The Balaban J connectivity index is 3.22. The maximum absolute atomic E-state index is 10.4. The number of benzene rings is 1. The molecule has 0 aliphatic heterocycles. The molecule has 0 unspecified atom stereocenters. The third-order valence-electron chi connectivity index (χ3n) is 1.41. The van der Waals surface area contributed by atoms with Gasteiger partial charge in [-0.3, -0.25) is 0 Å². The van der Waals surface area contributed by atoms with E-state index in [0.29, 0.717) is 5.56 Å². The van der Waals surface area contributed by atoms with Crippen molar-refractivity contribution in [3.63, 3.8) is 0 Å². The zero-order valence-corrected chi connectivity index (χ0v) is 9.88. The van der Waals surface area contributed by atoms with Gasteiger partial charge in [0.15, 0.2) is 0 Å². The zero-order chi connectivity index (χ0) is 10.7. The van der Waals surface area contributed by atoms with Crippen molar-refractivity contribution in [2.24, 2.45) is 0 Å². The molecule has 0 atom stereocenters. The number of phenols is 1. The number of nitro groups is 1. The van der Waals surface area contributed by atoms with E-state index in [9.17, 15) is 15.2 Å². The Kier molecular flexibility index (Phi) is 3.99. The van der Waals surface area contributed by atoms with Crippen LogP contribution >= 0.6 is 19.4 Å². The minimum atomic E-state index is -2.08. The number of non-ortho nitro benzene ring substituents is 1. The van der Waals surface area contributed by atoms with Gasteiger partial charge in [0.2, 0.25) is 0 Å². The monoisotopic (exact) mass is 323 g/mol. The topological polar surface area (TPSA) is 63.4 Å². The number of nitrogens with zero attached hydrogens (tertiary/aromatic N) is 1. The third-order valence-corrected chi connectivity index (χ3v) is 3.24. The van der Waals surface area contributed by atoms with Crippen LogP contribution in [0.3, 0.4) is 0 Å². The second-order valence-electron chi connectivity index (χ2n) is 2.31. The van der Waals surface area contributed by atoms with Gasteiger partial charge < -0.3 is 0 Å². The summed E-state index contributed by atoms with van der Waals surface area (Å²) in [5.41, 5.74) is 0.209. The fraction of sp³-hybridized carbons (Fsp3) is 0. The van der Waals surface area contributed by atoms with Crippen LogP contribution in [0.2, 0.25) is 0 Å². The minimum absolute atomic E-state index is 0.0596. The van der Waals surface area contributed by atoms with Crippen LogP contribution in [0.15, 0.2) is 18.2 Å². The van der Waals surface area contributed by atoms with E-state index in [1.54, 1.807) is 0 Å². The van der Waals surface area contributed by atoms with Gasteiger partial charge in [-0.05, 0) is 0 Å². The van der Waals surface area contributed by atoms with Gasteiger partial charge in [-0.1, -0.05) is 0 Å². The van der Waals surface area contributed by atoms with Gasteiger partial charge in [0.1, 0.15) is 0 Å². The average Bonchev–Trinajstić information content (AvgIpc) is 2.07. The van der Waals surface area contributed by atoms with Crippen LogP contribution in [0.25, 0.3) is 0 Å². The molecule has 0 saturated heterocycles. The molecule has 7 heteroatoms. The molecule has 1 rings (SSSR count). The van der Waals surface area contributed by atoms with Crippen LogP contribution in [-0.4, -0.2) is 14.6 Å². The van der Waals surface area contributed by atoms with Crippen LogP contribution in [0.1, 0.15) is 5.56 Å². The van der Waals surface area contributed by atoms with Gasteiger partial charge in [0.05, 0.1) is 0 Å². The Hall–Kier alpha value is -0.507. The van der Waals surface area contributed by atoms with Crippen LogP contribution in [0, 0.1) is 10.1 Å². The first kappa shape index (κ1) is 11.6. The van der Waals surface area contributed by atoms with Crippen molar-refractivity contribution in [3.05, 3.63) is 33.9 Å². The van der Waals surface area contributed by atoms with Crippen LogP contribution < -0.4 is 0 Å². The van der Waals surface area contributed by atoms with Gasteiger partial charge >= 0.3 is 92.9 Å². The number of hydrogen-bond donors (Lipinski definition) is 1. The summed E-state index contributed by atoms with van der Waals surface area (Å²) >= 11 is -2.08. The summed E-state index contributed by atoms with van der Waals surface area (Å²) in [6.07, 6.45) is 0. The van der Waals surface area contributed by atoms with Crippen LogP contribution in [0.4, 0.5) is 5.69 Å². The van der Waals surface area contributed by atoms with Crippen molar-refractivity contribution in [2.45, 2.75) is 0 Å². The third kappa shape index (κ3) is 3.01. The molecule has 0 aliphatic carbocycles. The molecule has 1 N–H and O–H groups in total. The molecule has 0 aromatic heterocycles. The molecule has 1 aromatic carbocycles. The van der Waals surface area contributed by atoms with E-state index in [1.165, 1.54) is 22.8 Å². The Morgan fingerprint density at radius 3 is 2.64 bits per heavy atom. The molecular weight excluding hydrogens is 318 g/mol. The first-order valence-electron chi connectivity index (χ1n) is 3.31. The number of aromatic hydroxyl groups is 1. The van der Waals surface area contributed by atoms with Crippen molar-refractivity contribution in [3.8, 4) is 5.75 Å². The number of nitro benzene ring substituents is 1. The summed E-state index contributed by atoms with van der Waals surface area (Å²) in [6, 6.07) is 3.70. The Bertz CT molecular complexity index is 404. The Morgan fingerprint density at radius 1 is 1.50 bits per heavy atom. The summed E-state index contributed by atoms with van der Waals surface area (Å²) in [7, 11) is 11.2. The maximum atomic E-state index is 10.4. The molecule has 0 amide bonds. The predicted molar refractivity (Wildman–Crippen MR) is 51.6 cm³/mol. The fourth-order valence-electron chi connectivity index (χ4n) is 0.820. The molecule has 0 fully saturated rings. The van der Waals surface area contributed by atoms with E-state index in [-0.39, 0.29) is 11.4 Å². The van der Waals surface area contributed by atoms with E-state index < -0.39 is 18.4 Å².